The van der Waals surface area contributed by atoms with Crippen LogP contribution < -0.4 is 4.74 Å². The average Bonchev–Trinajstić information content (AvgIpc) is 2.17. The molecule has 0 amide bonds. The molecule has 0 spiro atoms. The molecular formula is C12H14O3. The molecule has 1 unspecified atom stereocenters. The van der Waals surface area contributed by atoms with Crippen LogP contribution in [0.4, 0.5) is 0 Å². The van der Waals surface area contributed by atoms with Crippen molar-refractivity contribution in [1.29, 1.82) is 0 Å². The van der Waals surface area contributed by atoms with Crippen LogP contribution in [-0.2, 0) is 0 Å². The molecule has 1 aromatic carbocycles. The van der Waals surface area contributed by atoms with Gasteiger partial charge in [-0.2, -0.15) is 0 Å². The van der Waals surface area contributed by atoms with E-state index in [1.54, 1.807) is 31.2 Å². The molecule has 0 saturated carbocycles. The van der Waals surface area contributed by atoms with Crippen LogP contribution in [0.15, 0.2) is 30.9 Å². The SMILES string of the molecule is C=CC(C)Oc1ccc(C(=O)O)c(C)c1. The van der Waals surface area contributed by atoms with E-state index >= 15 is 0 Å². The lowest BCUT2D eigenvalue weighted by molar-refractivity contribution is 0.0696. The second-order valence-corrected chi connectivity index (χ2v) is 3.34. The summed E-state index contributed by atoms with van der Waals surface area (Å²) in [6.07, 6.45) is 1.60. The molecule has 1 atom stereocenters. The number of benzene rings is 1. The number of carboxylic acid groups (broad SMARTS) is 1. The van der Waals surface area contributed by atoms with Crippen LogP contribution >= 0.6 is 0 Å². The normalized spacial score (nSPS) is 11.9. The highest BCUT2D eigenvalue weighted by molar-refractivity contribution is 5.89. The van der Waals surface area contributed by atoms with Crippen molar-refractivity contribution in [2.24, 2.45) is 0 Å². The Hall–Kier alpha value is -1.77. The van der Waals surface area contributed by atoms with Crippen molar-refractivity contribution in [3.8, 4) is 5.75 Å². The van der Waals surface area contributed by atoms with Gasteiger partial charge in [0.25, 0.3) is 0 Å². The number of aryl methyl sites for hydroxylation is 1. The highest BCUT2D eigenvalue weighted by Crippen LogP contribution is 2.18. The lowest BCUT2D eigenvalue weighted by Gasteiger charge is -2.11. The summed E-state index contributed by atoms with van der Waals surface area (Å²) in [5.41, 5.74) is 0.991. The predicted molar refractivity (Wildman–Crippen MR) is 58.4 cm³/mol. The Bertz CT molecular complexity index is 382. The minimum Gasteiger partial charge on any atom is -0.487 e. The zero-order valence-corrected chi connectivity index (χ0v) is 8.86. The van der Waals surface area contributed by atoms with Crippen LogP contribution in [0.25, 0.3) is 0 Å². The van der Waals surface area contributed by atoms with Crippen molar-refractivity contribution in [2.45, 2.75) is 20.0 Å². The monoisotopic (exact) mass is 206 g/mol. The zero-order valence-electron chi connectivity index (χ0n) is 8.86. The first-order chi connectivity index (χ1) is 7.04. The molecule has 0 bridgehead atoms. The third kappa shape index (κ3) is 2.84. The molecule has 0 aliphatic rings. The maximum absolute atomic E-state index is 10.8. The van der Waals surface area contributed by atoms with Gasteiger partial charge in [0.05, 0.1) is 5.56 Å². The molecule has 1 rings (SSSR count). The average molecular weight is 206 g/mol. The molecule has 15 heavy (non-hydrogen) atoms. The second kappa shape index (κ2) is 4.64. The summed E-state index contributed by atoms with van der Waals surface area (Å²) >= 11 is 0. The third-order valence-corrected chi connectivity index (χ3v) is 2.08. The summed E-state index contributed by atoms with van der Waals surface area (Å²) in [5, 5.41) is 8.83. The van der Waals surface area contributed by atoms with Crippen LogP contribution in [0.3, 0.4) is 0 Å². The van der Waals surface area contributed by atoms with Crippen LogP contribution in [-0.4, -0.2) is 17.2 Å². The van der Waals surface area contributed by atoms with Gasteiger partial charge in [-0.15, -0.1) is 0 Å². The van der Waals surface area contributed by atoms with E-state index in [4.69, 9.17) is 9.84 Å². The van der Waals surface area contributed by atoms with Gasteiger partial charge in [-0.05, 0) is 37.6 Å². The molecule has 3 heteroatoms. The quantitative estimate of drug-likeness (QED) is 0.770. The van der Waals surface area contributed by atoms with Gasteiger partial charge in [0.2, 0.25) is 0 Å². The third-order valence-electron chi connectivity index (χ3n) is 2.08. The van der Waals surface area contributed by atoms with E-state index in [1.807, 2.05) is 6.92 Å². The minimum absolute atomic E-state index is 0.0833. The number of carboxylic acids is 1. The van der Waals surface area contributed by atoms with E-state index in [9.17, 15) is 4.79 Å². The van der Waals surface area contributed by atoms with Gasteiger partial charge in [-0.3, -0.25) is 0 Å². The van der Waals surface area contributed by atoms with Crippen molar-refractivity contribution in [1.82, 2.24) is 0 Å². The summed E-state index contributed by atoms with van der Waals surface area (Å²) in [6, 6.07) is 4.91. The van der Waals surface area contributed by atoms with Gasteiger partial charge in [0.1, 0.15) is 11.9 Å². The molecule has 1 aromatic rings. The first-order valence-electron chi connectivity index (χ1n) is 4.67. The Morgan fingerprint density at radius 3 is 2.73 bits per heavy atom. The van der Waals surface area contributed by atoms with E-state index in [-0.39, 0.29) is 6.10 Å². The van der Waals surface area contributed by atoms with Crippen molar-refractivity contribution in [3.05, 3.63) is 42.0 Å². The zero-order chi connectivity index (χ0) is 11.4. The highest BCUT2D eigenvalue weighted by Gasteiger charge is 2.08. The van der Waals surface area contributed by atoms with Crippen molar-refractivity contribution < 1.29 is 14.6 Å². The molecule has 0 aromatic heterocycles. The largest absolute Gasteiger partial charge is 0.487 e. The first-order valence-corrected chi connectivity index (χ1v) is 4.67. The van der Waals surface area contributed by atoms with Gasteiger partial charge >= 0.3 is 5.97 Å². The van der Waals surface area contributed by atoms with Gasteiger partial charge in [0, 0.05) is 0 Å². The minimum atomic E-state index is -0.921. The summed E-state index contributed by atoms with van der Waals surface area (Å²) < 4.78 is 5.47. The number of carbonyl (C=O) groups is 1. The lowest BCUT2D eigenvalue weighted by Crippen LogP contribution is -2.08. The molecule has 0 saturated heterocycles. The first kappa shape index (κ1) is 11.3. The molecular weight excluding hydrogens is 192 g/mol. The summed E-state index contributed by atoms with van der Waals surface area (Å²) in [5.74, 6) is -0.263. The van der Waals surface area contributed by atoms with E-state index in [0.29, 0.717) is 16.9 Å². The molecule has 0 aliphatic heterocycles. The second-order valence-electron chi connectivity index (χ2n) is 3.34. The maximum atomic E-state index is 10.8. The molecule has 80 valence electrons. The predicted octanol–water partition coefficient (Wildman–Crippen LogP) is 2.65. The standard InChI is InChI=1S/C12H14O3/c1-4-9(3)15-10-5-6-11(12(13)14)8(2)7-10/h4-7,9H,1H2,2-3H3,(H,13,14). The fourth-order valence-electron chi connectivity index (χ4n) is 1.21. The van der Waals surface area contributed by atoms with Crippen LogP contribution in [0.5, 0.6) is 5.75 Å². The Kier molecular flexibility index (Phi) is 3.50. The summed E-state index contributed by atoms with van der Waals surface area (Å²) in [4.78, 5) is 10.8. The molecule has 0 fully saturated rings. The van der Waals surface area contributed by atoms with Crippen LogP contribution in [0.2, 0.25) is 0 Å². The number of hydrogen-bond acceptors (Lipinski definition) is 2. The highest BCUT2D eigenvalue weighted by atomic mass is 16.5. The number of aromatic carboxylic acids is 1. The van der Waals surface area contributed by atoms with Gasteiger partial charge in [-0.25, -0.2) is 4.79 Å². The van der Waals surface area contributed by atoms with E-state index in [0.717, 1.165) is 0 Å². The van der Waals surface area contributed by atoms with Gasteiger partial charge in [-0.1, -0.05) is 12.7 Å². The fraction of sp³-hybridized carbons (Fsp3) is 0.250. The topological polar surface area (TPSA) is 46.5 Å². The van der Waals surface area contributed by atoms with Crippen LogP contribution in [0, 0.1) is 6.92 Å². The molecule has 3 nitrogen and oxygen atoms in total. The molecule has 1 N–H and O–H groups in total. The Morgan fingerprint density at radius 1 is 1.60 bits per heavy atom. The Labute approximate surface area is 89.0 Å². The summed E-state index contributed by atoms with van der Waals surface area (Å²) in [7, 11) is 0. The van der Waals surface area contributed by atoms with E-state index in [2.05, 4.69) is 6.58 Å². The van der Waals surface area contributed by atoms with Crippen molar-refractivity contribution in [3.63, 3.8) is 0 Å². The smallest absolute Gasteiger partial charge is 0.335 e. The van der Waals surface area contributed by atoms with Gasteiger partial charge in [0.15, 0.2) is 0 Å². The van der Waals surface area contributed by atoms with Crippen molar-refractivity contribution >= 4 is 5.97 Å². The Morgan fingerprint density at radius 2 is 2.27 bits per heavy atom. The number of hydrogen-bond donors (Lipinski definition) is 1. The Balaban J connectivity index is 2.91. The fourth-order valence-corrected chi connectivity index (χ4v) is 1.21. The molecule has 0 radical (unpaired) electrons. The maximum Gasteiger partial charge on any atom is 0.335 e. The molecule has 0 aliphatic carbocycles. The lowest BCUT2D eigenvalue weighted by atomic mass is 10.1. The summed E-state index contributed by atoms with van der Waals surface area (Å²) in [6.45, 7) is 7.22. The van der Waals surface area contributed by atoms with Crippen molar-refractivity contribution in [2.75, 3.05) is 0 Å². The number of ether oxygens (including phenoxy) is 1. The van der Waals surface area contributed by atoms with Gasteiger partial charge < -0.3 is 9.84 Å². The van der Waals surface area contributed by atoms with E-state index in [1.165, 1.54) is 0 Å². The van der Waals surface area contributed by atoms with E-state index < -0.39 is 5.97 Å². The van der Waals surface area contributed by atoms with Crippen LogP contribution in [0.1, 0.15) is 22.8 Å². The molecule has 0 heterocycles. The number of rotatable bonds is 4.